The molecule has 1 aromatic heterocycles. The number of rotatable bonds is 3. The quantitative estimate of drug-likeness (QED) is 0.855. The van der Waals surface area contributed by atoms with E-state index in [2.05, 4.69) is 24.1 Å². The van der Waals surface area contributed by atoms with Gasteiger partial charge in [0.05, 0.1) is 16.3 Å². The summed E-state index contributed by atoms with van der Waals surface area (Å²) in [5, 5.41) is 2.90. The SMILES string of the molecule is CCc1ccc(NC(=O)c2cc(C)c(C#CCN)s2)cc1. The Hall–Kier alpha value is -2.09. The van der Waals surface area contributed by atoms with E-state index in [9.17, 15) is 4.79 Å². The number of benzene rings is 1. The summed E-state index contributed by atoms with van der Waals surface area (Å²) in [6.07, 6.45) is 0.988. The first kappa shape index (κ1) is 15.3. The molecular weight excluding hydrogens is 280 g/mol. The summed E-state index contributed by atoms with van der Waals surface area (Å²) < 4.78 is 0. The fraction of sp³-hybridized carbons (Fsp3) is 0.235. The fourth-order valence-corrected chi connectivity index (χ4v) is 2.81. The first-order chi connectivity index (χ1) is 10.1. The molecule has 108 valence electrons. The minimum atomic E-state index is -0.104. The van der Waals surface area contributed by atoms with Crippen molar-refractivity contribution >= 4 is 22.9 Å². The fourth-order valence-electron chi connectivity index (χ4n) is 1.87. The zero-order chi connectivity index (χ0) is 15.2. The Bertz CT molecular complexity index is 690. The van der Waals surface area contributed by atoms with E-state index in [0.717, 1.165) is 22.5 Å². The third-order valence-corrected chi connectivity index (χ3v) is 4.22. The van der Waals surface area contributed by atoms with Gasteiger partial charge in [0.1, 0.15) is 0 Å². The van der Waals surface area contributed by atoms with Gasteiger partial charge in [-0.25, -0.2) is 0 Å². The van der Waals surface area contributed by atoms with Crippen molar-refractivity contribution < 1.29 is 4.79 Å². The smallest absolute Gasteiger partial charge is 0.265 e. The van der Waals surface area contributed by atoms with E-state index in [1.165, 1.54) is 16.9 Å². The van der Waals surface area contributed by atoms with Crippen LogP contribution in [-0.4, -0.2) is 12.5 Å². The maximum atomic E-state index is 12.2. The third kappa shape index (κ3) is 3.94. The van der Waals surface area contributed by atoms with E-state index in [-0.39, 0.29) is 5.91 Å². The molecular formula is C17H18N2OS. The van der Waals surface area contributed by atoms with Gasteiger partial charge in [0.2, 0.25) is 0 Å². The topological polar surface area (TPSA) is 55.1 Å². The van der Waals surface area contributed by atoms with E-state index < -0.39 is 0 Å². The molecule has 3 nitrogen and oxygen atoms in total. The summed E-state index contributed by atoms with van der Waals surface area (Å²) in [6, 6.07) is 9.75. The molecule has 0 unspecified atom stereocenters. The molecule has 4 heteroatoms. The lowest BCUT2D eigenvalue weighted by molar-refractivity contribution is 0.103. The van der Waals surface area contributed by atoms with Crippen LogP contribution in [0.1, 0.15) is 32.6 Å². The second kappa shape index (κ2) is 7.07. The highest BCUT2D eigenvalue weighted by molar-refractivity contribution is 7.14. The molecule has 0 aliphatic carbocycles. The Morgan fingerprint density at radius 2 is 2.05 bits per heavy atom. The molecule has 0 saturated heterocycles. The monoisotopic (exact) mass is 298 g/mol. The highest BCUT2D eigenvalue weighted by atomic mass is 32.1. The summed E-state index contributed by atoms with van der Waals surface area (Å²) in [4.78, 5) is 13.8. The van der Waals surface area contributed by atoms with Gasteiger partial charge < -0.3 is 11.1 Å². The lowest BCUT2D eigenvalue weighted by atomic mass is 10.1. The molecule has 1 heterocycles. The first-order valence-corrected chi connectivity index (χ1v) is 7.65. The van der Waals surface area contributed by atoms with Crippen molar-refractivity contribution in [3.05, 3.63) is 51.2 Å². The van der Waals surface area contributed by atoms with Crippen LogP contribution in [0.25, 0.3) is 0 Å². The number of hydrogen-bond donors (Lipinski definition) is 2. The number of hydrogen-bond acceptors (Lipinski definition) is 3. The number of thiophene rings is 1. The van der Waals surface area contributed by atoms with Gasteiger partial charge in [-0.15, -0.1) is 11.3 Å². The second-order valence-corrected chi connectivity index (χ2v) is 5.69. The number of amides is 1. The Labute approximate surface area is 129 Å². The van der Waals surface area contributed by atoms with Crippen LogP contribution in [0.4, 0.5) is 5.69 Å². The van der Waals surface area contributed by atoms with Crippen LogP contribution in [0, 0.1) is 18.8 Å². The Kier molecular flexibility index (Phi) is 5.15. The van der Waals surface area contributed by atoms with E-state index >= 15 is 0 Å². The van der Waals surface area contributed by atoms with Gasteiger partial charge in [0.25, 0.3) is 5.91 Å². The van der Waals surface area contributed by atoms with Crippen LogP contribution < -0.4 is 11.1 Å². The lowest BCUT2D eigenvalue weighted by Gasteiger charge is -2.04. The maximum absolute atomic E-state index is 12.2. The zero-order valence-corrected chi connectivity index (χ0v) is 13.0. The molecule has 21 heavy (non-hydrogen) atoms. The van der Waals surface area contributed by atoms with Crippen LogP contribution in [0.3, 0.4) is 0 Å². The molecule has 2 aromatic rings. The summed E-state index contributed by atoms with van der Waals surface area (Å²) in [7, 11) is 0. The van der Waals surface area contributed by atoms with Crippen molar-refractivity contribution in [3.63, 3.8) is 0 Å². The van der Waals surface area contributed by atoms with Crippen LogP contribution in [0.2, 0.25) is 0 Å². The molecule has 0 aliphatic rings. The molecule has 0 fully saturated rings. The first-order valence-electron chi connectivity index (χ1n) is 6.83. The number of anilines is 1. The Morgan fingerprint density at radius 1 is 1.33 bits per heavy atom. The zero-order valence-electron chi connectivity index (χ0n) is 12.2. The number of carbonyl (C=O) groups is 1. The normalized spacial score (nSPS) is 9.86. The summed E-state index contributed by atoms with van der Waals surface area (Å²) in [5.74, 6) is 5.70. The average Bonchev–Trinajstić information content (AvgIpc) is 2.87. The van der Waals surface area contributed by atoms with Gasteiger partial charge in [-0.1, -0.05) is 30.9 Å². The van der Waals surface area contributed by atoms with Crippen LogP contribution in [0.15, 0.2) is 30.3 Å². The van der Waals surface area contributed by atoms with E-state index in [1.54, 1.807) is 0 Å². The minimum absolute atomic E-state index is 0.104. The predicted octanol–water partition coefficient (Wildman–Crippen LogP) is 3.18. The van der Waals surface area contributed by atoms with E-state index in [4.69, 9.17) is 5.73 Å². The second-order valence-electron chi connectivity index (χ2n) is 4.63. The minimum Gasteiger partial charge on any atom is -0.321 e. The third-order valence-electron chi connectivity index (χ3n) is 3.07. The van der Waals surface area contributed by atoms with E-state index in [0.29, 0.717) is 11.4 Å². The summed E-state index contributed by atoms with van der Waals surface area (Å²) in [6.45, 7) is 4.37. The molecule has 0 atom stereocenters. The van der Waals surface area contributed by atoms with Crippen LogP contribution in [-0.2, 0) is 6.42 Å². The van der Waals surface area contributed by atoms with Gasteiger partial charge in [0.15, 0.2) is 0 Å². The highest BCUT2D eigenvalue weighted by Gasteiger charge is 2.11. The van der Waals surface area contributed by atoms with E-state index in [1.807, 2.05) is 37.3 Å². The molecule has 0 radical (unpaired) electrons. The number of aryl methyl sites for hydroxylation is 2. The molecule has 1 aromatic carbocycles. The van der Waals surface area contributed by atoms with Gasteiger partial charge >= 0.3 is 0 Å². The van der Waals surface area contributed by atoms with Crippen molar-refractivity contribution in [3.8, 4) is 11.8 Å². The van der Waals surface area contributed by atoms with Crippen molar-refractivity contribution in [2.45, 2.75) is 20.3 Å². The van der Waals surface area contributed by atoms with Crippen LogP contribution in [0.5, 0.6) is 0 Å². The van der Waals surface area contributed by atoms with Gasteiger partial charge in [-0.3, -0.25) is 4.79 Å². The number of nitrogens with one attached hydrogen (secondary N) is 1. The summed E-state index contributed by atoms with van der Waals surface area (Å²) >= 11 is 1.39. The average molecular weight is 298 g/mol. The Balaban J connectivity index is 2.12. The van der Waals surface area contributed by atoms with Crippen molar-refractivity contribution in [2.24, 2.45) is 5.73 Å². The molecule has 0 bridgehead atoms. The van der Waals surface area contributed by atoms with Crippen molar-refractivity contribution in [1.29, 1.82) is 0 Å². The van der Waals surface area contributed by atoms with Crippen molar-refractivity contribution in [1.82, 2.24) is 0 Å². The molecule has 0 saturated carbocycles. The van der Waals surface area contributed by atoms with Crippen LogP contribution >= 0.6 is 11.3 Å². The standard InChI is InChI=1S/C17H18N2OS/c1-3-13-6-8-14(9-7-13)19-17(20)16-11-12(2)15(21-16)5-4-10-18/h6-9,11H,3,10,18H2,1-2H3,(H,19,20). The number of nitrogens with two attached hydrogens (primary N) is 1. The Morgan fingerprint density at radius 3 is 2.67 bits per heavy atom. The summed E-state index contributed by atoms with van der Waals surface area (Å²) in [5.41, 5.74) is 8.43. The van der Waals surface area contributed by atoms with Gasteiger partial charge in [-0.2, -0.15) is 0 Å². The highest BCUT2D eigenvalue weighted by Crippen LogP contribution is 2.22. The molecule has 2 rings (SSSR count). The van der Waals surface area contributed by atoms with Crippen molar-refractivity contribution in [2.75, 3.05) is 11.9 Å². The predicted molar refractivity (Wildman–Crippen MR) is 88.8 cm³/mol. The lowest BCUT2D eigenvalue weighted by Crippen LogP contribution is -2.09. The molecule has 1 amide bonds. The molecule has 0 spiro atoms. The van der Waals surface area contributed by atoms with Gasteiger partial charge in [0, 0.05) is 5.69 Å². The molecule has 3 N–H and O–H groups in total. The molecule has 0 aliphatic heterocycles. The maximum Gasteiger partial charge on any atom is 0.265 e. The largest absolute Gasteiger partial charge is 0.321 e. The number of carbonyl (C=O) groups excluding carboxylic acids is 1. The van der Waals surface area contributed by atoms with Gasteiger partial charge in [-0.05, 0) is 42.7 Å².